The number of amides is 1. The fraction of sp³-hybridized carbons (Fsp3) is 0.526. The van der Waals surface area contributed by atoms with Crippen molar-refractivity contribution in [3.05, 3.63) is 41.2 Å². The van der Waals surface area contributed by atoms with Crippen molar-refractivity contribution in [1.29, 1.82) is 0 Å². The minimum atomic E-state index is -0.155. The van der Waals surface area contributed by atoms with Gasteiger partial charge in [0.05, 0.1) is 26.0 Å². The minimum absolute atomic E-state index is 0.116. The highest BCUT2D eigenvalue weighted by molar-refractivity contribution is 5.93. The van der Waals surface area contributed by atoms with Crippen LogP contribution >= 0.6 is 0 Å². The maximum Gasteiger partial charge on any atom is 0.274 e. The molecule has 0 bridgehead atoms. The SMILES string of the molecule is COc1ccc([C@H]2Cn3nnc(C(=O)NC4CCN(C)CC4)c3CO2)cc1. The first-order valence-corrected chi connectivity index (χ1v) is 9.31. The molecule has 2 aliphatic heterocycles. The zero-order valence-corrected chi connectivity index (χ0v) is 15.7. The maximum absolute atomic E-state index is 12.6. The van der Waals surface area contributed by atoms with E-state index in [0.717, 1.165) is 42.9 Å². The van der Waals surface area contributed by atoms with E-state index in [2.05, 4.69) is 27.6 Å². The predicted molar refractivity (Wildman–Crippen MR) is 98.5 cm³/mol. The van der Waals surface area contributed by atoms with Crippen molar-refractivity contribution in [1.82, 2.24) is 25.2 Å². The molecule has 8 nitrogen and oxygen atoms in total. The number of benzene rings is 1. The molecule has 0 radical (unpaired) electrons. The van der Waals surface area contributed by atoms with Crippen LogP contribution in [0.15, 0.2) is 24.3 Å². The van der Waals surface area contributed by atoms with Gasteiger partial charge in [0.1, 0.15) is 11.9 Å². The van der Waals surface area contributed by atoms with Crippen molar-refractivity contribution in [2.45, 2.75) is 38.1 Å². The Bertz CT molecular complexity index is 796. The molecule has 3 heterocycles. The maximum atomic E-state index is 12.6. The molecule has 1 amide bonds. The van der Waals surface area contributed by atoms with E-state index in [1.54, 1.807) is 11.8 Å². The molecule has 1 fully saturated rings. The Kier molecular flexibility index (Phi) is 5.09. The van der Waals surface area contributed by atoms with Crippen LogP contribution in [0.5, 0.6) is 5.75 Å². The number of fused-ring (bicyclic) bond motifs is 1. The number of rotatable bonds is 4. The van der Waals surface area contributed by atoms with Gasteiger partial charge >= 0.3 is 0 Å². The van der Waals surface area contributed by atoms with Crippen LogP contribution in [-0.4, -0.2) is 59.1 Å². The predicted octanol–water partition coefficient (Wildman–Crippen LogP) is 1.38. The highest BCUT2D eigenvalue weighted by Crippen LogP contribution is 2.28. The molecule has 27 heavy (non-hydrogen) atoms. The Morgan fingerprint density at radius 2 is 2.00 bits per heavy atom. The summed E-state index contributed by atoms with van der Waals surface area (Å²) in [4.78, 5) is 14.9. The summed E-state index contributed by atoms with van der Waals surface area (Å²) < 4.78 is 13.0. The van der Waals surface area contributed by atoms with E-state index in [1.165, 1.54) is 0 Å². The number of methoxy groups -OCH3 is 1. The van der Waals surface area contributed by atoms with Gasteiger partial charge in [-0.3, -0.25) is 4.79 Å². The number of likely N-dealkylation sites (tertiary alicyclic amines) is 1. The third-order valence-corrected chi connectivity index (χ3v) is 5.35. The molecular formula is C19H25N5O3. The second kappa shape index (κ2) is 7.66. The van der Waals surface area contributed by atoms with E-state index in [0.29, 0.717) is 18.8 Å². The largest absolute Gasteiger partial charge is 0.497 e. The Morgan fingerprint density at radius 3 is 2.70 bits per heavy atom. The molecule has 1 saturated heterocycles. The lowest BCUT2D eigenvalue weighted by molar-refractivity contribution is -0.00181. The van der Waals surface area contributed by atoms with Gasteiger partial charge in [-0.1, -0.05) is 17.3 Å². The Balaban J connectivity index is 1.42. The van der Waals surface area contributed by atoms with Crippen molar-refractivity contribution < 1.29 is 14.3 Å². The normalized spacial score (nSPS) is 20.9. The van der Waals surface area contributed by atoms with E-state index in [1.807, 2.05) is 24.3 Å². The molecule has 8 heteroatoms. The van der Waals surface area contributed by atoms with Gasteiger partial charge in [0.25, 0.3) is 5.91 Å². The second-order valence-corrected chi connectivity index (χ2v) is 7.19. The number of piperidine rings is 1. The van der Waals surface area contributed by atoms with E-state index < -0.39 is 0 Å². The zero-order chi connectivity index (χ0) is 18.8. The first-order valence-electron chi connectivity index (χ1n) is 9.31. The van der Waals surface area contributed by atoms with Crippen LogP contribution in [0.25, 0.3) is 0 Å². The van der Waals surface area contributed by atoms with E-state index >= 15 is 0 Å². The quantitative estimate of drug-likeness (QED) is 0.875. The second-order valence-electron chi connectivity index (χ2n) is 7.19. The molecule has 2 aromatic rings. The third kappa shape index (κ3) is 3.81. The van der Waals surface area contributed by atoms with Crippen molar-refractivity contribution in [2.24, 2.45) is 0 Å². The first-order chi connectivity index (χ1) is 13.1. The summed E-state index contributed by atoms with van der Waals surface area (Å²) in [6.45, 7) is 2.85. The molecule has 1 aromatic heterocycles. The first kappa shape index (κ1) is 17.9. The lowest BCUT2D eigenvalue weighted by atomic mass is 10.1. The molecule has 2 aliphatic rings. The van der Waals surface area contributed by atoms with Crippen molar-refractivity contribution in [3.63, 3.8) is 0 Å². The van der Waals surface area contributed by atoms with Crippen molar-refractivity contribution in [2.75, 3.05) is 27.2 Å². The lowest BCUT2D eigenvalue weighted by Crippen LogP contribution is -2.43. The third-order valence-electron chi connectivity index (χ3n) is 5.35. The van der Waals surface area contributed by atoms with E-state index in [-0.39, 0.29) is 18.1 Å². The molecule has 144 valence electrons. The molecule has 0 saturated carbocycles. The zero-order valence-electron chi connectivity index (χ0n) is 15.7. The van der Waals surface area contributed by atoms with Gasteiger partial charge in [0, 0.05) is 6.04 Å². The Morgan fingerprint density at radius 1 is 1.26 bits per heavy atom. The molecule has 0 unspecified atom stereocenters. The minimum Gasteiger partial charge on any atom is -0.497 e. The summed E-state index contributed by atoms with van der Waals surface area (Å²) in [5, 5.41) is 11.4. The monoisotopic (exact) mass is 371 g/mol. The molecule has 1 aromatic carbocycles. The van der Waals surface area contributed by atoms with E-state index in [4.69, 9.17) is 9.47 Å². The van der Waals surface area contributed by atoms with Crippen LogP contribution < -0.4 is 10.1 Å². The number of aromatic nitrogens is 3. The number of ether oxygens (including phenoxy) is 2. The van der Waals surface area contributed by atoms with Crippen LogP contribution in [0.2, 0.25) is 0 Å². The number of hydrogen-bond acceptors (Lipinski definition) is 6. The molecule has 1 atom stereocenters. The van der Waals surface area contributed by atoms with Crippen LogP contribution in [0.4, 0.5) is 0 Å². The van der Waals surface area contributed by atoms with Crippen LogP contribution in [0.1, 0.15) is 40.7 Å². The molecule has 0 aliphatic carbocycles. The summed E-state index contributed by atoms with van der Waals surface area (Å²) in [5.74, 6) is 0.654. The number of nitrogens with one attached hydrogen (secondary N) is 1. The number of carbonyl (C=O) groups is 1. The Hall–Kier alpha value is -2.45. The highest BCUT2D eigenvalue weighted by atomic mass is 16.5. The average Bonchev–Trinajstić information content (AvgIpc) is 3.13. The topological polar surface area (TPSA) is 81.5 Å². The fourth-order valence-electron chi connectivity index (χ4n) is 3.61. The standard InChI is InChI=1S/C19H25N5O3/c1-23-9-7-14(8-10-23)20-19(25)18-16-12-27-17(11-24(16)22-21-18)13-3-5-15(26-2)6-4-13/h3-6,14,17H,7-12H2,1-2H3,(H,20,25)/t17-/m1/s1. The summed E-state index contributed by atoms with van der Waals surface area (Å²) >= 11 is 0. The van der Waals surface area contributed by atoms with Gasteiger partial charge < -0.3 is 19.7 Å². The van der Waals surface area contributed by atoms with Gasteiger partial charge in [-0.15, -0.1) is 5.10 Å². The fourth-order valence-corrected chi connectivity index (χ4v) is 3.61. The summed E-state index contributed by atoms with van der Waals surface area (Å²) in [6, 6.07) is 7.99. The number of nitrogens with zero attached hydrogens (tertiary/aromatic N) is 4. The number of carbonyl (C=O) groups excluding carboxylic acids is 1. The van der Waals surface area contributed by atoms with Gasteiger partial charge in [-0.2, -0.15) is 0 Å². The molecule has 0 spiro atoms. The highest BCUT2D eigenvalue weighted by Gasteiger charge is 2.29. The Labute approximate surface area is 158 Å². The lowest BCUT2D eigenvalue weighted by Gasteiger charge is -2.29. The molecule has 4 rings (SSSR count). The number of hydrogen-bond donors (Lipinski definition) is 1. The van der Waals surface area contributed by atoms with Crippen molar-refractivity contribution in [3.8, 4) is 5.75 Å². The summed E-state index contributed by atoms with van der Waals surface area (Å²) in [7, 11) is 3.75. The summed E-state index contributed by atoms with van der Waals surface area (Å²) in [6.07, 6.45) is 1.80. The van der Waals surface area contributed by atoms with Gasteiger partial charge in [0.2, 0.25) is 0 Å². The van der Waals surface area contributed by atoms with Crippen LogP contribution in [0.3, 0.4) is 0 Å². The van der Waals surface area contributed by atoms with Gasteiger partial charge in [-0.25, -0.2) is 4.68 Å². The van der Waals surface area contributed by atoms with Gasteiger partial charge in [0.15, 0.2) is 5.69 Å². The van der Waals surface area contributed by atoms with Crippen molar-refractivity contribution >= 4 is 5.91 Å². The molecular weight excluding hydrogens is 346 g/mol. The average molecular weight is 371 g/mol. The van der Waals surface area contributed by atoms with Crippen LogP contribution in [-0.2, 0) is 17.9 Å². The smallest absolute Gasteiger partial charge is 0.274 e. The molecule has 1 N–H and O–H groups in total. The van der Waals surface area contributed by atoms with E-state index in [9.17, 15) is 4.79 Å². The van der Waals surface area contributed by atoms with Crippen LogP contribution in [0, 0.1) is 0 Å². The summed E-state index contributed by atoms with van der Waals surface area (Å²) in [5.41, 5.74) is 2.17. The van der Waals surface area contributed by atoms with Gasteiger partial charge in [-0.05, 0) is 50.7 Å².